The highest BCUT2D eigenvalue weighted by atomic mass is 127. The summed E-state index contributed by atoms with van der Waals surface area (Å²) >= 11 is 0. The molecule has 0 saturated carbocycles. The van der Waals surface area contributed by atoms with E-state index in [2.05, 4.69) is 21.6 Å². The van der Waals surface area contributed by atoms with E-state index in [9.17, 15) is 13.2 Å². The quantitative estimate of drug-likeness (QED) is 0.237. The molecule has 2 aliphatic rings. The van der Waals surface area contributed by atoms with Crippen LogP contribution in [-0.2, 0) is 25.8 Å². The highest BCUT2D eigenvalue weighted by Crippen LogP contribution is 2.44. The maximum Gasteiger partial charge on any atom is 0.573 e. The second-order valence-corrected chi connectivity index (χ2v) is 9.22. The van der Waals surface area contributed by atoms with Crippen molar-refractivity contribution in [1.29, 1.82) is 0 Å². The Morgan fingerprint density at radius 2 is 1.64 bits per heavy atom. The first kappa shape index (κ1) is 27.2. The van der Waals surface area contributed by atoms with E-state index in [1.165, 1.54) is 17.7 Å². The van der Waals surface area contributed by atoms with Crippen LogP contribution >= 0.6 is 0 Å². The van der Waals surface area contributed by atoms with Gasteiger partial charge >= 0.3 is 6.36 Å². The number of halogens is 4. The van der Waals surface area contributed by atoms with Crippen molar-refractivity contribution in [2.45, 2.75) is 32.2 Å². The van der Waals surface area contributed by atoms with Crippen molar-refractivity contribution in [2.24, 2.45) is 0 Å². The molecule has 0 radical (unpaired) electrons. The number of hydrogen-bond acceptors (Lipinski definition) is 5. The molecule has 39 heavy (non-hydrogen) atoms. The molecular weight excluding hydrogens is 626 g/mol. The second-order valence-electron chi connectivity index (χ2n) is 9.22. The molecule has 10 heteroatoms. The zero-order chi connectivity index (χ0) is 26.4. The van der Waals surface area contributed by atoms with Gasteiger partial charge in [0, 0.05) is 17.4 Å². The van der Waals surface area contributed by atoms with Gasteiger partial charge in [0.15, 0.2) is 35.7 Å². The topological polar surface area (TPSA) is 50.0 Å². The lowest BCUT2D eigenvalue weighted by Crippen LogP contribution is -3.00. The Bertz CT molecular complexity index is 1540. The standard InChI is InChI=1S/C29H25F3NO5.HI/c1-34-24-10-9-20-21(8-5-17-3-6-19(7-4-17)38-29(30,31)32)27-22-14-26-25(36-16-37-26)13-18(22)11-12-33(27)15-23(20)28(24)35-2;/h3-4,6-7,9-10,13-15H,5,8,11-12,16H2,1-2H3;1H/q+1;/p-1. The molecule has 2 aliphatic heterocycles. The Balaban J connectivity index is 0.00000308. The van der Waals surface area contributed by atoms with Gasteiger partial charge in [-0.15, -0.1) is 13.2 Å². The Hall–Kier alpha value is -3.41. The van der Waals surface area contributed by atoms with E-state index in [1.807, 2.05) is 18.2 Å². The monoisotopic (exact) mass is 651 g/mol. The third-order valence-corrected chi connectivity index (χ3v) is 7.06. The maximum absolute atomic E-state index is 12.6. The molecule has 0 atom stereocenters. The molecule has 0 aliphatic carbocycles. The average molecular weight is 651 g/mol. The summed E-state index contributed by atoms with van der Waals surface area (Å²) in [6.45, 7) is 0.975. The van der Waals surface area contributed by atoms with Gasteiger partial charge in [-0.1, -0.05) is 12.1 Å². The van der Waals surface area contributed by atoms with Crippen LogP contribution in [-0.4, -0.2) is 27.4 Å². The summed E-state index contributed by atoms with van der Waals surface area (Å²) in [5.41, 5.74) is 5.36. The molecule has 0 bridgehead atoms. The Labute approximate surface area is 240 Å². The molecule has 4 aromatic rings. The summed E-state index contributed by atoms with van der Waals surface area (Å²) in [4.78, 5) is 0. The van der Waals surface area contributed by atoms with Crippen molar-refractivity contribution in [1.82, 2.24) is 0 Å². The van der Waals surface area contributed by atoms with Crippen LogP contribution in [0.4, 0.5) is 13.2 Å². The molecule has 204 valence electrons. The van der Waals surface area contributed by atoms with Gasteiger partial charge in [0.25, 0.3) is 0 Å². The van der Waals surface area contributed by atoms with Gasteiger partial charge < -0.3 is 47.7 Å². The zero-order valence-corrected chi connectivity index (χ0v) is 23.4. The van der Waals surface area contributed by atoms with E-state index in [0.717, 1.165) is 57.6 Å². The van der Waals surface area contributed by atoms with E-state index in [4.69, 9.17) is 18.9 Å². The number of nitrogens with zero attached hydrogens (tertiary/aromatic N) is 1. The third kappa shape index (κ3) is 5.13. The molecule has 6 rings (SSSR count). The minimum atomic E-state index is -4.72. The second kappa shape index (κ2) is 10.6. The van der Waals surface area contributed by atoms with Crippen LogP contribution in [0.15, 0.2) is 54.7 Å². The van der Waals surface area contributed by atoms with E-state index in [0.29, 0.717) is 24.3 Å². The molecule has 0 amide bonds. The van der Waals surface area contributed by atoms with E-state index in [-0.39, 0.29) is 36.5 Å². The molecular formula is C29H25F3INO5. The van der Waals surface area contributed by atoms with Crippen molar-refractivity contribution < 1.29 is 65.4 Å². The van der Waals surface area contributed by atoms with Crippen LogP contribution in [0, 0.1) is 0 Å². The first-order chi connectivity index (χ1) is 18.3. The maximum atomic E-state index is 12.6. The summed E-state index contributed by atoms with van der Waals surface area (Å²) in [5, 5.41) is 1.96. The number of aryl methyl sites for hydroxylation is 4. The molecule has 3 heterocycles. The van der Waals surface area contributed by atoms with Gasteiger partial charge in [0.05, 0.1) is 25.2 Å². The lowest BCUT2D eigenvalue weighted by atomic mass is 9.89. The first-order valence-electron chi connectivity index (χ1n) is 12.2. The number of ether oxygens (including phenoxy) is 5. The fourth-order valence-electron chi connectivity index (χ4n) is 5.39. The summed E-state index contributed by atoms with van der Waals surface area (Å²) in [5.74, 6) is 2.54. The zero-order valence-electron chi connectivity index (χ0n) is 21.2. The minimum absolute atomic E-state index is 0. The number of alkyl halides is 3. The number of hydrogen-bond donors (Lipinski definition) is 0. The summed E-state index contributed by atoms with van der Waals surface area (Å²) < 4.78 is 66.6. The minimum Gasteiger partial charge on any atom is -1.00 e. The van der Waals surface area contributed by atoms with Crippen LogP contribution in [0.1, 0.15) is 16.7 Å². The Morgan fingerprint density at radius 1 is 0.897 bits per heavy atom. The highest BCUT2D eigenvalue weighted by molar-refractivity contribution is 5.95. The normalized spacial score (nSPS) is 13.4. The molecule has 3 aromatic carbocycles. The number of aromatic nitrogens is 1. The van der Waals surface area contributed by atoms with Crippen LogP contribution in [0.5, 0.6) is 28.7 Å². The molecule has 0 unspecified atom stereocenters. The number of rotatable bonds is 6. The van der Waals surface area contributed by atoms with Gasteiger partial charge in [-0.3, -0.25) is 0 Å². The van der Waals surface area contributed by atoms with E-state index < -0.39 is 6.36 Å². The van der Waals surface area contributed by atoms with E-state index >= 15 is 0 Å². The number of fused-ring (bicyclic) bond motifs is 5. The van der Waals surface area contributed by atoms with Gasteiger partial charge in [-0.25, -0.2) is 0 Å². The number of benzene rings is 3. The number of pyridine rings is 1. The summed E-state index contributed by atoms with van der Waals surface area (Å²) in [6.07, 6.45) is -0.515. The lowest BCUT2D eigenvalue weighted by Gasteiger charge is -2.21. The summed E-state index contributed by atoms with van der Waals surface area (Å²) in [6, 6.07) is 14.1. The fourth-order valence-corrected chi connectivity index (χ4v) is 5.39. The van der Waals surface area contributed by atoms with E-state index in [1.54, 1.807) is 26.4 Å². The van der Waals surface area contributed by atoms with Crippen molar-refractivity contribution >= 4 is 10.8 Å². The van der Waals surface area contributed by atoms with Gasteiger partial charge in [0.1, 0.15) is 5.75 Å². The summed E-state index contributed by atoms with van der Waals surface area (Å²) in [7, 11) is 3.24. The lowest BCUT2D eigenvalue weighted by molar-refractivity contribution is -0.686. The highest BCUT2D eigenvalue weighted by Gasteiger charge is 2.33. The Kier molecular flexibility index (Phi) is 7.41. The molecule has 0 N–H and O–H groups in total. The fraction of sp³-hybridized carbons (Fsp3) is 0.276. The van der Waals surface area contributed by atoms with Crippen LogP contribution in [0.3, 0.4) is 0 Å². The first-order valence-corrected chi connectivity index (χ1v) is 12.2. The Morgan fingerprint density at radius 3 is 2.33 bits per heavy atom. The average Bonchev–Trinajstić information content (AvgIpc) is 3.36. The SMILES string of the molecule is COc1ccc2c(CCc3ccc(OC(F)(F)F)cc3)c3[n+](cc2c1OC)CCc1cc2c(cc1-3)OCO2.[I-]. The largest absolute Gasteiger partial charge is 1.00 e. The number of methoxy groups -OCH3 is 2. The molecule has 0 saturated heterocycles. The molecule has 0 spiro atoms. The van der Waals surface area contributed by atoms with Gasteiger partial charge in [-0.05, 0) is 60.4 Å². The molecule has 1 aromatic heterocycles. The van der Waals surface area contributed by atoms with Crippen LogP contribution in [0.2, 0.25) is 0 Å². The van der Waals surface area contributed by atoms with Crippen molar-refractivity contribution in [2.75, 3.05) is 21.0 Å². The van der Waals surface area contributed by atoms with Crippen LogP contribution < -0.4 is 52.2 Å². The van der Waals surface area contributed by atoms with Crippen molar-refractivity contribution in [3.8, 4) is 40.0 Å². The smallest absolute Gasteiger partial charge is 0.573 e. The predicted molar refractivity (Wildman–Crippen MR) is 133 cm³/mol. The molecule has 0 fully saturated rings. The molecule has 6 nitrogen and oxygen atoms in total. The van der Waals surface area contributed by atoms with Crippen LogP contribution in [0.25, 0.3) is 22.0 Å². The predicted octanol–water partition coefficient (Wildman–Crippen LogP) is 2.78. The van der Waals surface area contributed by atoms with Crippen molar-refractivity contribution in [3.63, 3.8) is 0 Å². The van der Waals surface area contributed by atoms with Gasteiger partial charge in [0.2, 0.25) is 12.5 Å². The van der Waals surface area contributed by atoms with Crippen molar-refractivity contribution in [3.05, 3.63) is 71.4 Å². The van der Waals surface area contributed by atoms with Gasteiger partial charge in [-0.2, -0.15) is 4.57 Å². The third-order valence-electron chi connectivity index (χ3n) is 7.06.